The number of thioether (sulfide) groups is 1. The summed E-state index contributed by atoms with van der Waals surface area (Å²) in [5, 5.41) is 3.61. The lowest BCUT2D eigenvalue weighted by molar-refractivity contribution is 0.185. The Bertz CT molecular complexity index is 174. The van der Waals surface area contributed by atoms with Gasteiger partial charge in [-0.3, -0.25) is 0 Å². The standard InChI is InChI=1S/C11H21NOS/c1-11(4-2-6-14-11)9-12-7-10-3-5-13-8-10/h10,12H,2-9H2,1H3. The molecule has 14 heavy (non-hydrogen) atoms. The smallest absolute Gasteiger partial charge is 0.0507 e. The van der Waals surface area contributed by atoms with Gasteiger partial charge in [0.05, 0.1) is 6.61 Å². The second kappa shape index (κ2) is 4.86. The van der Waals surface area contributed by atoms with Gasteiger partial charge in [-0.1, -0.05) is 0 Å². The van der Waals surface area contributed by atoms with E-state index in [0.29, 0.717) is 4.75 Å². The topological polar surface area (TPSA) is 21.3 Å². The highest BCUT2D eigenvalue weighted by atomic mass is 32.2. The van der Waals surface area contributed by atoms with E-state index in [1.165, 1.54) is 31.6 Å². The average Bonchev–Trinajstić information content (AvgIpc) is 2.77. The molecule has 0 spiro atoms. The zero-order valence-corrected chi connectivity index (χ0v) is 9.87. The maximum absolute atomic E-state index is 5.36. The molecule has 0 aliphatic carbocycles. The fourth-order valence-corrected chi connectivity index (χ4v) is 3.54. The molecule has 2 unspecified atom stereocenters. The summed E-state index contributed by atoms with van der Waals surface area (Å²) >= 11 is 2.13. The summed E-state index contributed by atoms with van der Waals surface area (Å²) in [6.45, 7) is 6.66. The van der Waals surface area contributed by atoms with Crippen molar-refractivity contribution in [1.82, 2.24) is 5.32 Å². The molecule has 2 nitrogen and oxygen atoms in total. The second-order valence-corrected chi connectivity index (χ2v) is 6.44. The van der Waals surface area contributed by atoms with Crippen molar-refractivity contribution in [3.05, 3.63) is 0 Å². The van der Waals surface area contributed by atoms with E-state index in [1.54, 1.807) is 0 Å². The second-order valence-electron chi connectivity index (χ2n) is 4.76. The van der Waals surface area contributed by atoms with Gasteiger partial charge in [0.15, 0.2) is 0 Å². The van der Waals surface area contributed by atoms with Crippen LogP contribution in [0.3, 0.4) is 0 Å². The van der Waals surface area contributed by atoms with Gasteiger partial charge in [0, 0.05) is 24.4 Å². The minimum absolute atomic E-state index is 0.513. The van der Waals surface area contributed by atoms with Crippen LogP contribution >= 0.6 is 11.8 Å². The lowest BCUT2D eigenvalue weighted by Gasteiger charge is -2.23. The maximum atomic E-state index is 5.36. The summed E-state index contributed by atoms with van der Waals surface area (Å²) in [7, 11) is 0. The van der Waals surface area contributed by atoms with Crippen molar-refractivity contribution >= 4 is 11.8 Å². The van der Waals surface area contributed by atoms with Crippen LogP contribution in [-0.4, -0.2) is 36.8 Å². The molecule has 2 aliphatic rings. The molecule has 0 radical (unpaired) electrons. The van der Waals surface area contributed by atoms with Gasteiger partial charge >= 0.3 is 0 Å². The van der Waals surface area contributed by atoms with Crippen LogP contribution in [0.25, 0.3) is 0 Å². The molecule has 3 heteroatoms. The predicted molar refractivity (Wildman–Crippen MR) is 61.9 cm³/mol. The van der Waals surface area contributed by atoms with Gasteiger partial charge < -0.3 is 10.1 Å². The van der Waals surface area contributed by atoms with Crippen molar-refractivity contribution < 1.29 is 4.74 Å². The summed E-state index contributed by atoms with van der Waals surface area (Å²) in [5.74, 6) is 2.12. The van der Waals surface area contributed by atoms with E-state index in [4.69, 9.17) is 4.74 Å². The van der Waals surface area contributed by atoms with Crippen LogP contribution in [0.2, 0.25) is 0 Å². The van der Waals surface area contributed by atoms with Gasteiger partial charge in [-0.05, 0) is 37.9 Å². The molecule has 2 rings (SSSR count). The molecule has 2 saturated heterocycles. The van der Waals surface area contributed by atoms with Crippen LogP contribution in [0.1, 0.15) is 26.2 Å². The van der Waals surface area contributed by atoms with Crippen molar-refractivity contribution in [3.8, 4) is 0 Å². The molecule has 2 aliphatic heterocycles. The van der Waals surface area contributed by atoms with Gasteiger partial charge in [-0.15, -0.1) is 0 Å². The van der Waals surface area contributed by atoms with E-state index in [-0.39, 0.29) is 0 Å². The largest absolute Gasteiger partial charge is 0.381 e. The van der Waals surface area contributed by atoms with Crippen molar-refractivity contribution in [2.45, 2.75) is 30.9 Å². The van der Waals surface area contributed by atoms with Crippen LogP contribution in [0.4, 0.5) is 0 Å². The van der Waals surface area contributed by atoms with Crippen LogP contribution in [0, 0.1) is 5.92 Å². The first-order valence-electron chi connectivity index (χ1n) is 5.71. The zero-order chi connectivity index (χ0) is 9.86. The van der Waals surface area contributed by atoms with Crippen molar-refractivity contribution in [3.63, 3.8) is 0 Å². The number of rotatable bonds is 4. The Kier molecular flexibility index (Phi) is 3.74. The van der Waals surface area contributed by atoms with E-state index in [9.17, 15) is 0 Å². The van der Waals surface area contributed by atoms with Gasteiger partial charge in [0.2, 0.25) is 0 Å². The van der Waals surface area contributed by atoms with E-state index in [2.05, 4.69) is 24.0 Å². The maximum Gasteiger partial charge on any atom is 0.0507 e. The van der Waals surface area contributed by atoms with E-state index >= 15 is 0 Å². The first-order chi connectivity index (χ1) is 6.79. The quantitative estimate of drug-likeness (QED) is 0.774. The number of hydrogen-bond donors (Lipinski definition) is 1. The molecule has 1 N–H and O–H groups in total. The Morgan fingerprint density at radius 1 is 1.57 bits per heavy atom. The summed E-state index contributed by atoms with van der Waals surface area (Å²) in [4.78, 5) is 0. The third-order valence-corrected chi connectivity index (χ3v) is 4.79. The zero-order valence-electron chi connectivity index (χ0n) is 9.05. The molecule has 0 bridgehead atoms. The number of ether oxygens (including phenoxy) is 1. The van der Waals surface area contributed by atoms with Crippen molar-refractivity contribution in [2.75, 3.05) is 32.1 Å². The molecule has 0 aromatic carbocycles. The highest BCUT2D eigenvalue weighted by molar-refractivity contribution is 8.00. The van der Waals surface area contributed by atoms with Gasteiger partial charge in [-0.2, -0.15) is 11.8 Å². The normalized spacial score (nSPS) is 37.9. The fraction of sp³-hybridized carbons (Fsp3) is 1.00. The molecule has 2 atom stereocenters. The molecule has 2 fully saturated rings. The Labute approximate surface area is 91.2 Å². The predicted octanol–water partition coefficient (Wildman–Crippen LogP) is 1.90. The number of nitrogens with one attached hydrogen (secondary N) is 1. The Morgan fingerprint density at radius 3 is 3.14 bits per heavy atom. The third-order valence-electron chi connectivity index (χ3n) is 3.26. The Hall–Kier alpha value is 0.270. The molecule has 0 aromatic heterocycles. The minimum Gasteiger partial charge on any atom is -0.381 e. The summed E-state index contributed by atoms with van der Waals surface area (Å²) < 4.78 is 5.87. The molecule has 0 amide bonds. The highest BCUT2D eigenvalue weighted by Crippen LogP contribution is 2.36. The van der Waals surface area contributed by atoms with E-state index < -0.39 is 0 Å². The summed E-state index contributed by atoms with van der Waals surface area (Å²) in [6.07, 6.45) is 4.03. The molecular weight excluding hydrogens is 194 g/mol. The SMILES string of the molecule is CC1(CNCC2CCOC2)CCCS1. The fourth-order valence-electron chi connectivity index (χ4n) is 2.26. The summed E-state index contributed by atoms with van der Waals surface area (Å²) in [6, 6.07) is 0. The molecular formula is C11H21NOS. The summed E-state index contributed by atoms with van der Waals surface area (Å²) in [5.41, 5.74) is 0. The first-order valence-corrected chi connectivity index (χ1v) is 6.69. The number of hydrogen-bond acceptors (Lipinski definition) is 3. The lowest BCUT2D eigenvalue weighted by atomic mass is 10.0. The highest BCUT2D eigenvalue weighted by Gasteiger charge is 2.29. The average molecular weight is 215 g/mol. The third kappa shape index (κ3) is 2.88. The first kappa shape index (κ1) is 10.8. The van der Waals surface area contributed by atoms with Crippen molar-refractivity contribution in [2.24, 2.45) is 5.92 Å². The Balaban J connectivity index is 1.61. The molecule has 0 saturated carbocycles. The minimum atomic E-state index is 0.513. The Morgan fingerprint density at radius 2 is 2.50 bits per heavy atom. The van der Waals surface area contributed by atoms with Gasteiger partial charge in [-0.25, -0.2) is 0 Å². The van der Waals surface area contributed by atoms with E-state index in [1.807, 2.05) is 0 Å². The van der Waals surface area contributed by atoms with Crippen LogP contribution in [-0.2, 0) is 4.74 Å². The van der Waals surface area contributed by atoms with Crippen molar-refractivity contribution in [1.29, 1.82) is 0 Å². The van der Waals surface area contributed by atoms with Crippen LogP contribution in [0.15, 0.2) is 0 Å². The molecule has 2 heterocycles. The van der Waals surface area contributed by atoms with Gasteiger partial charge in [0.1, 0.15) is 0 Å². The van der Waals surface area contributed by atoms with Crippen LogP contribution < -0.4 is 5.32 Å². The lowest BCUT2D eigenvalue weighted by Crippen LogP contribution is -2.35. The molecule has 0 aromatic rings. The van der Waals surface area contributed by atoms with Crippen LogP contribution in [0.5, 0.6) is 0 Å². The van der Waals surface area contributed by atoms with E-state index in [0.717, 1.165) is 25.7 Å². The monoisotopic (exact) mass is 215 g/mol. The van der Waals surface area contributed by atoms with Gasteiger partial charge in [0.25, 0.3) is 0 Å². The molecule has 82 valence electrons.